The molecule has 0 aliphatic carbocycles. The van der Waals surface area contributed by atoms with Gasteiger partial charge in [-0.15, -0.1) is 11.3 Å². The third kappa shape index (κ3) is 3.13. The number of anilines is 1. The van der Waals surface area contributed by atoms with Crippen LogP contribution in [-0.2, 0) is 0 Å². The summed E-state index contributed by atoms with van der Waals surface area (Å²) in [5.74, 6) is 1.23. The van der Waals surface area contributed by atoms with Crippen LogP contribution >= 0.6 is 11.3 Å². The molecule has 0 spiro atoms. The van der Waals surface area contributed by atoms with Crippen LogP contribution in [0.2, 0.25) is 0 Å². The summed E-state index contributed by atoms with van der Waals surface area (Å²) in [7, 11) is 2.21. The largest absolute Gasteiger partial charge is 0.369 e. The third-order valence-corrected chi connectivity index (χ3v) is 5.24. The molecule has 5 heteroatoms. The second-order valence-electron chi connectivity index (χ2n) is 5.74. The highest BCUT2D eigenvalue weighted by Crippen LogP contribution is 2.37. The number of aromatic nitrogens is 1. The van der Waals surface area contributed by atoms with Crippen LogP contribution in [-0.4, -0.2) is 30.0 Å². The first-order valence-corrected chi connectivity index (χ1v) is 8.50. The summed E-state index contributed by atoms with van der Waals surface area (Å²) in [6.07, 6.45) is 4.15. The van der Waals surface area contributed by atoms with E-state index in [2.05, 4.69) is 45.8 Å². The van der Waals surface area contributed by atoms with Crippen LogP contribution in [0, 0.1) is 17.2 Å². The molecule has 1 aliphatic heterocycles. The fraction of sp³-hybridized carbons (Fsp3) is 0.412. The van der Waals surface area contributed by atoms with E-state index in [1.54, 1.807) is 18.3 Å². The van der Waals surface area contributed by atoms with Gasteiger partial charge in [0.05, 0.1) is 5.56 Å². The maximum atomic E-state index is 9.16. The van der Waals surface area contributed by atoms with Gasteiger partial charge in [0, 0.05) is 23.7 Å². The van der Waals surface area contributed by atoms with Crippen LogP contribution in [0.4, 0.5) is 5.82 Å². The standard InChI is InChI=1S/C17H20N4S/c1-21-9-3-6-14(16(21)15-7-4-10-22-15)12-20-17-13(11-18)5-2-8-19-17/h2,4-5,7-8,10,14,16H,3,6,9,12H2,1H3,(H,19,20)/t14-,16+/m0/s1. The zero-order valence-corrected chi connectivity index (χ0v) is 13.5. The summed E-state index contributed by atoms with van der Waals surface area (Å²) in [5.41, 5.74) is 0.610. The molecule has 114 valence electrons. The Morgan fingerprint density at radius 3 is 3.14 bits per heavy atom. The van der Waals surface area contributed by atoms with E-state index in [-0.39, 0.29) is 0 Å². The number of hydrogen-bond acceptors (Lipinski definition) is 5. The number of nitrogens with one attached hydrogen (secondary N) is 1. The number of likely N-dealkylation sites (tertiary alicyclic amines) is 1. The van der Waals surface area contributed by atoms with Crippen molar-refractivity contribution in [1.29, 1.82) is 5.26 Å². The van der Waals surface area contributed by atoms with E-state index < -0.39 is 0 Å². The predicted molar refractivity (Wildman–Crippen MR) is 89.9 cm³/mol. The zero-order valence-electron chi connectivity index (χ0n) is 12.7. The second-order valence-corrected chi connectivity index (χ2v) is 6.71. The molecule has 1 saturated heterocycles. The highest BCUT2D eigenvalue weighted by molar-refractivity contribution is 7.10. The topological polar surface area (TPSA) is 52.0 Å². The summed E-state index contributed by atoms with van der Waals surface area (Å²) < 4.78 is 0. The van der Waals surface area contributed by atoms with Crippen LogP contribution < -0.4 is 5.32 Å². The minimum atomic E-state index is 0.454. The van der Waals surface area contributed by atoms with E-state index in [1.807, 2.05) is 11.3 Å². The molecule has 0 radical (unpaired) electrons. The fourth-order valence-electron chi connectivity index (χ4n) is 3.25. The zero-order chi connectivity index (χ0) is 15.4. The summed E-state index contributed by atoms with van der Waals surface area (Å²) in [6, 6.07) is 10.6. The van der Waals surface area contributed by atoms with Crippen molar-refractivity contribution in [3.8, 4) is 6.07 Å². The molecule has 0 amide bonds. The molecule has 0 saturated carbocycles. The molecule has 22 heavy (non-hydrogen) atoms. The van der Waals surface area contributed by atoms with Gasteiger partial charge >= 0.3 is 0 Å². The van der Waals surface area contributed by atoms with Crippen LogP contribution in [0.1, 0.15) is 29.3 Å². The molecule has 2 aromatic rings. The van der Waals surface area contributed by atoms with Gasteiger partial charge < -0.3 is 5.32 Å². The Hall–Kier alpha value is -1.90. The average Bonchev–Trinajstić information content (AvgIpc) is 3.07. The molecule has 2 aromatic heterocycles. The molecule has 3 heterocycles. The molecule has 3 rings (SSSR count). The monoisotopic (exact) mass is 312 g/mol. The van der Waals surface area contributed by atoms with Crippen molar-refractivity contribution in [2.24, 2.45) is 5.92 Å². The highest BCUT2D eigenvalue weighted by Gasteiger charge is 2.31. The molecule has 4 nitrogen and oxygen atoms in total. The van der Waals surface area contributed by atoms with E-state index >= 15 is 0 Å². The Kier molecular flexibility index (Phi) is 4.71. The number of hydrogen-bond donors (Lipinski definition) is 1. The van der Waals surface area contributed by atoms with Gasteiger partial charge in [-0.2, -0.15) is 5.26 Å². The Labute approximate surface area is 135 Å². The van der Waals surface area contributed by atoms with Gasteiger partial charge in [-0.25, -0.2) is 4.98 Å². The predicted octanol–water partition coefficient (Wildman–Crippen LogP) is 3.51. The van der Waals surface area contributed by atoms with Crippen molar-refractivity contribution in [2.75, 3.05) is 25.5 Å². The van der Waals surface area contributed by atoms with Crippen molar-refractivity contribution < 1.29 is 0 Å². The highest BCUT2D eigenvalue weighted by atomic mass is 32.1. The first-order valence-electron chi connectivity index (χ1n) is 7.62. The normalized spacial score (nSPS) is 22.2. The minimum Gasteiger partial charge on any atom is -0.369 e. The maximum Gasteiger partial charge on any atom is 0.143 e. The van der Waals surface area contributed by atoms with E-state index in [0.29, 0.717) is 23.3 Å². The van der Waals surface area contributed by atoms with Gasteiger partial charge in [-0.05, 0) is 55.9 Å². The lowest BCUT2D eigenvalue weighted by Crippen LogP contribution is -2.38. The van der Waals surface area contributed by atoms with Crippen molar-refractivity contribution in [3.05, 3.63) is 46.3 Å². The lowest BCUT2D eigenvalue weighted by molar-refractivity contribution is 0.130. The van der Waals surface area contributed by atoms with Crippen molar-refractivity contribution in [2.45, 2.75) is 18.9 Å². The number of piperidine rings is 1. The minimum absolute atomic E-state index is 0.454. The lowest BCUT2D eigenvalue weighted by atomic mass is 9.88. The van der Waals surface area contributed by atoms with E-state index in [4.69, 9.17) is 5.26 Å². The second kappa shape index (κ2) is 6.91. The molecular formula is C17H20N4S. The van der Waals surface area contributed by atoms with Crippen LogP contribution in [0.15, 0.2) is 35.8 Å². The summed E-state index contributed by atoms with van der Waals surface area (Å²) >= 11 is 1.83. The van der Waals surface area contributed by atoms with E-state index in [0.717, 1.165) is 13.1 Å². The smallest absolute Gasteiger partial charge is 0.143 e. The number of nitrogens with zero attached hydrogens (tertiary/aromatic N) is 3. The Bertz CT molecular complexity index is 647. The number of pyridine rings is 1. The third-order valence-electron chi connectivity index (χ3n) is 4.30. The number of thiophene rings is 1. The SMILES string of the molecule is CN1CCC[C@@H](CNc2ncccc2C#N)[C@@H]1c1cccs1. The van der Waals surface area contributed by atoms with Gasteiger partial charge in [-0.1, -0.05) is 6.07 Å². The number of rotatable bonds is 4. The Balaban J connectivity index is 1.74. The van der Waals surface area contributed by atoms with Gasteiger partial charge in [0.15, 0.2) is 0 Å². The van der Waals surface area contributed by atoms with Crippen molar-refractivity contribution >= 4 is 17.2 Å². The Morgan fingerprint density at radius 2 is 2.36 bits per heavy atom. The summed E-state index contributed by atoms with van der Waals surface area (Å²) in [4.78, 5) is 8.17. The van der Waals surface area contributed by atoms with Gasteiger partial charge in [0.2, 0.25) is 0 Å². The van der Waals surface area contributed by atoms with E-state index in [1.165, 1.54) is 17.7 Å². The first-order chi connectivity index (χ1) is 10.8. The van der Waals surface area contributed by atoms with Gasteiger partial charge in [0.1, 0.15) is 11.9 Å². The lowest BCUT2D eigenvalue weighted by Gasteiger charge is -2.39. The quantitative estimate of drug-likeness (QED) is 0.938. The molecule has 1 aliphatic rings. The summed E-state index contributed by atoms with van der Waals surface area (Å²) in [6.45, 7) is 1.99. The van der Waals surface area contributed by atoms with Gasteiger partial charge in [-0.3, -0.25) is 4.90 Å². The number of nitriles is 1. The fourth-order valence-corrected chi connectivity index (χ4v) is 4.23. The van der Waals surface area contributed by atoms with Crippen molar-refractivity contribution in [1.82, 2.24) is 9.88 Å². The molecule has 1 N–H and O–H groups in total. The average molecular weight is 312 g/mol. The molecular weight excluding hydrogens is 292 g/mol. The van der Waals surface area contributed by atoms with E-state index in [9.17, 15) is 0 Å². The van der Waals surface area contributed by atoms with Crippen LogP contribution in [0.3, 0.4) is 0 Å². The van der Waals surface area contributed by atoms with Crippen LogP contribution in [0.25, 0.3) is 0 Å². The van der Waals surface area contributed by atoms with Crippen LogP contribution in [0.5, 0.6) is 0 Å². The van der Waals surface area contributed by atoms with Crippen molar-refractivity contribution in [3.63, 3.8) is 0 Å². The molecule has 1 fully saturated rings. The maximum absolute atomic E-state index is 9.16. The first kappa shape index (κ1) is 15.0. The van der Waals surface area contributed by atoms with Gasteiger partial charge in [0.25, 0.3) is 0 Å². The molecule has 2 atom stereocenters. The summed E-state index contributed by atoms with van der Waals surface area (Å²) in [5, 5.41) is 14.7. The molecule has 0 unspecified atom stereocenters. The Morgan fingerprint density at radius 1 is 1.45 bits per heavy atom. The molecule has 0 bridgehead atoms. The molecule has 0 aromatic carbocycles.